The Kier molecular flexibility index (Phi) is 5.38. The summed E-state index contributed by atoms with van der Waals surface area (Å²) in [5.41, 5.74) is 2.89. The first-order valence-corrected chi connectivity index (χ1v) is 9.51. The standard InChI is InChI=1S/C20H25N7O/c1-3-27-9-6-15(13-27)23-14-4-5-16(18(10-14)28-2)17-11-19(26-25-17)24-20-12-21-7-8-22-20/h4-5,7-8,10-12,15,23H,3,6,9,13H2,1-2H3,(H2,22,24,25,26)/t15-/m0/s1. The first kappa shape index (κ1) is 18.2. The Morgan fingerprint density at radius 3 is 2.93 bits per heavy atom. The van der Waals surface area contributed by atoms with E-state index in [-0.39, 0.29) is 0 Å². The fraction of sp³-hybridized carbons (Fsp3) is 0.350. The SMILES string of the molecule is CCN1CC[C@H](Nc2ccc(-c3cc(Nc4cnccn4)n[nH]3)c(OC)c2)C1. The van der Waals surface area contributed by atoms with E-state index in [2.05, 4.69) is 48.7 Å². The Morgan fingerprint density at radius 2 is 2.18 bits per heavy atom. The van der Waals surface area contributed by atoms with Crippen molar-refractivity contribution >= 4 is 17.3 Å². The number of likely N-dealkylation sites (N-methyl/N-ethyl adjacent to an activating group) is 1. The van der Waals surface area contributed by atoms with Gasteiger partial charge < -0.3 is 20.3 Å². The molecule has 4 rings (SSSR count). The molecule has 3 heterocycles. The van der Waals surface area contributed by atoms with Gasteiger partial charge in [-0.1, -0.05) is 6.92 Å². The summed E-state index contributed by atoms with van der Waals surface area (Å²) in [6.07, 6.45) is 6.08. The van der Waals surface area contributed by atoms with Crippen molar-refractivity contribution in [3.05, 3.63) is 42.9 Å². The number of benzene rings is 1. The number of H-pyrrole nitrogens is 1. The molecule has 1 atom stereocenters. The molecule has 146 valence electrons. The third kappa shape index (κ3) is 4.07. The Bertz CT molecular complexity index is 912. The lowest BCUT2D eigenvalue weighted by atomic mass is 10.1. The fourth-order valence-electron chi connectivity index (χ4n) is 3.50. The maximum Gasteiger partial charge on any atom is 0.153 e. The number of anilines is 3. The normalized spacial score (nSPS) is 16.9. The van der Waals surface area contributed by atoms with Crippen LogP contribution in [0, 0.1) is 0 Å². The van der Waals surface area contributed by atoms with Crippen LogP contribution in [0.25, 0.3) is 11.3 Å². The molecule has 0 amide bonds. The Morgan fingerprint density at radius 1 is 1.25 bits per heavy atom. The van der Waals surface area contributed by atoms with Crippen molar-refractivity contribution in [2.45, 2.75) is 19.4 Å². The van der Waals surface area contributed by atoms with Crippen LogP contribution < -0.4 is 15.4 Å². The van der Waals surface area contributed by atoms with Gasteiger partial charge in [0.2, 0.25) is 0 Å². The highest BCUT2D eigenvalue weighted by Gasteiger charge is 2.21. The molecule has 2 aromatic heterocycles. The van der Waals surface area contributed by atoms with Crippen LogP contribution in [0.5, 0.6) is 5.75 Å². The van der Waals surface area contributed by atoms with Crippen molar-refractivity contribution in [3.63, 3.8) is 0 Å². The molecule has 3 aromatic rings. The zero-order valence-corrected chi connectivity index (χ0v) is 16.1. The van der Waals surface area contributed by atoms with Crippen LogP contribution in [0.2, 0.25) is 0 Å². The van der Waals surface area contributed by atoms with Gasteiger partial charge in [0.15, 0.2) is 5.82 Å². The highest BCUT2D eigenvalue weighted by Crippen LogP contribution is 2.33. The van der Waals surface area contributed by atoms with Gasteiger partial charge in [-0.05, 0) is 25.1 Å². The van der Waals surface area contributed by atoms with Crippen LogP contribution in [0.4, 0.5) is 17.3 Å². The van der Waals surface area contributed by atoms with Crippen LogP contribution in [0.1, 0.15) is 13.3 Å². The quantitative estimate of drug-likeness (QED) is 0.581. The van der Waals surface area contributed by atoms with Gasteiger partial charge in [0.05, 0.1) is 19.0 Å². The second kappa shape index (κ2) is 8.26. The zero-order valence-electron chi connectivity index (χ0n) is 16.1. The summed E-state index contributed by atoms with van der Waals surface area (Å²) in [6, 6.07) is 8.58. The number of likely N-dealkylation sites (tertiary alicyclic amines) is 1. The average molecular weight is 379 g/mol. The number of aromatic amines is 1. The van der Waals surface area contributed by atoms with Gasteiger partial charge in [-0.25, -0.2) is 4.98 Å². The number of ether oxygens (including phenoxy) is 1. The summed E-state index contributed by atoms with van der Waals surface area (Å²) in [7, 11) is 1.69. The summed E-state index contributed by atoms with van der Waals surface area (Å²) in [4.78, 5) is 10.7. The van der Waals surface area contributed by atoms with E-state index in [9.17, 15) is 0 Å². The molecule has 28 heavy (non-hydrogen) atoms. The number of rotatable bonds is 7. The Labute approximate surface area is 164 Å². The van der Waals surface area contributed by atoms with E-state index in [1.54, 1.807) is 25.7 Å². The molecule has 1 aliphatic rings. The van der Waals surface area contributed by atoms with Crippen molar-refractivity contribution < 1.29 is 4.74 Å². The highest BCUT2D eigenvalue weighted by molar-refractivity contribution is 5.73. The molecule has 0 aliphatic carbocycles. The Hall–Kier alpha value is -3.13. The Balaban J connectivity index is 1.49. The van der Waals surface area contributed by atoms with Crippen LogP contribution >= 0.6 is 0 Å². The third-order valence-corrected chi connectivity index (χ3v) is 4.98. The van der Waals surface area contributed by atoms with Gasteiger partial charge in [0, 0.05) is 54.9 Å². The molecule has 0 spiro atoms. The van der Waals surface area contributed by atoms with Gasteiger partial charge in [-0.3, -0.25) is 10.1 Å². The minimum Gasteiger partial charge on any atom is -0.496 e. The lowest BCUT2D eigenvalue weighted by Gasteiger charge is -2.17. The van der Waals surface area contributed by atoms with Crippen molar-refractivity contribution in [3.8, 4) is 17.0 Å². The number of hydrogen-bond acceptors (Lipinski definition) is 7. The lowest BCUT2D eigenvalue weighted by molar-refractivity contribution is 0.356. The maximum atomic E-state index is 5.63. The number of nitrogens with zero attached hydrogens (tertiary/aromatic N) is 4. The molecular weight excluding hydrogens is 354 g/mol. The van der Waals surface area contributed by atoms with Gasteiger partial charge >= 0.3 is 0 Å². The van der Waals surface area contributed by atoms with E-state index in [0.29, 0.717) is 17.7 Å². The fourth-order valence-corrected chi connectivity index (χ4v) is 3.50. The van der Waals surface area contributed by atoms with E-state index >= 15 is 0 Å². The molecule has 1 aromatic carbocycles. The number of nitrogens with one attached hydrogen (secondary N) is 3. The summed E-state index contributed by atoms with van der Waals surface area (Å²) < 4.78 is 5.63. The molecule has 0 unspecified atom stereocenters. The number of hydrogen-bond donors (Lipinski definition) is 3. The van der Waals surface area contributed by atoms with Crippen LogP contribution in [0.3, 0.4) is 0 Å². The van der Waals surface area contributed by atoms with Crippen molar-refractivity contribution in [2.24, 2.45) is 0 Å². The van der Waals surface area contributed by atoms with E-state index in [1.807, 2.05) is 18.2 Å². The van der Waals surface area contributed by atoms with Crippen LogP contribution in [-0.2, 0) is 0 Å². The van der Waals surface area contributed by atoms with E-state index in [1.165, 1.54) is 0 Å². The molecule has 8 heteroatoms. The monoisotopic (exact) mass is 379 g/mol. The largest absolute Gasteiger partial charge is 0.496 e. The average Bonchev–Trinajstić information content (AvgIpc) is 3.38. The highest BCUT2D eigenvalue weighted by atomic mass is 16.5. The van der Waals surface area contributed by atoms with E-state index in [0.717, 1.165) is 48.7 Å². The molecule has 0 saturated carbocycles. The molecule has 8 nitrogen and oxygen atoms in total. The first-order chi connectivity index (χ1) is 13.7. The van der Waals surface area contributed by atoms with Crippen molar-refractivity contribution in [1.82, 2.24) is 25.1 Å². The predicted molar refractivity (Wildman–Crippen MR) is 110 cm³/mol. The summed E-state index contributed by atoms with van der Waals surface area (Å²) >= 11 is 0. The predicted octanol–water partition coefficient (Wildman–Crippen LogP) is 3.13. The summed E-state index contributed by atoms with van der Waals surface area (Å²) in [5.74, 6) is 2.11. The van der Waals surface area contributed by atoms with Gasteiger partial charge in [0.25, 0.3) is 0 Å². The zero-order chi connectivity index (χ0) is 19.3. The maximum absolute atomic E-state index is 5.63. The second-order valence-electron chi connectivity index (χ2n) is 6.82. The van der Waals surface area contributed by atoms with Gasteiger partial charge in [-0.15, -0.1) is 0 Å². The first-order valence-electron chi connectivity index (χ1n) is 9.51. The van der Waals surface area contributed by atoms with Crippen LogP contribution in [0.15, 0.2) is 42.9 Å². The molecule has 0 bridgehead atoms. The molecule has 1 saturated heterocycles. The van der Waals surface area contributed by atoms with Gasteiger partial charge in [0.1, 0.15) is 11.6 Å². The topological polar surface area (TPSA) is 91.0 Å². The molecule has 0 radical (unpaired) electrons. The molecular formula is C20H25N7O. The van der Waals surface area contributed by atoms with Crippen molar-refractivity contribution in [1.29, 1.82) is 0 Å². The molecule has 3 N–H and O–H groups in total. The van der Waals surface area contributed by atoms with E-state index < -0.39 is 0 Å². The summed E-state index contributed by atoms with van der Waals surface area (Å²) in [5, 5.41) is 14.1. The number of aromatic nitrogens is 4. The minimum atomic E-state index is 0.477. The van der Waals surface area contributed by atoms with Gasteiger partial charge in [-0.2, -0.15) is 5.10 Å². The molecule has 1 aliphatic heterocycles. The minimum absolute atomic E-state index is 0.477. The smallest absolute Gasteiger partial charge is 0.153 e. The van der Waals surface area contributed by atoms with Crippen LogP contribution in [-0.4, -0.2) is 57.9 Å². The third-order valence-electron chi connectivity index (χ3n) is 4.98. The second-order valence-corrected chi connectivity index (χ2v) is 6.82. The molecule has 1 fully saturated rings. The summed E-state index contributed by atoms with van der Waals surface area (Å²) in [6.45, 7) is 5.54. The number of methoxy groups -OCH3 is 1. The van der Waals surface area contributed by atoms with Crippen molar-refractivity contribution in [2.75, 3.05) is 37.4 Å². The van der Waals surface area contributed by atoms with E-state index in [4.69, 9.17) is 4.74 Å². The lowest BCUT2D eigenvalue weighted by Crippen LogP contribution is -2.25.